The zero-order valence-electron chi connectivity index (χ0n) is 13.3. The molecule has 0 heterocycles. The van der Waals surface area contributed by atoms with Gasteiger partial charge in [0.25, 0.3) is 0 Å². The summed E-state index contributed by atoms with van der Waals surface area (Å²) in [5.41, 5.74) is 1.29. The third kappa shape index (κ3) is 5.35. The molecular formula is C19H19FN2O2. The second kappa shape index (κ2) is 8.62. The number of carbonyl (C=O) groups excluding carboxylic acids is 2. The van der Waals surface area contributed by atoms with Crippen LogP contribution in [0.25, 0.3) is 6.08 Å². The van der Waals surface area contributed by atoms with Crippen LogP contribution in [0.5, 0.6) is 0 Å². The van der Waals surface area contributed by atoms with E-state index in [4.69, 9.17) is 0 Å². The van der Waals surface area contributed by atoms with Gasteiger partial charge in [-0.2, -0.15) is 0 Å². The summed E-state index contributed by atoms with van der Waals surface area (Å²) in [5.74, 6) is -1.12. The first-order chi connectivity index (χ1) is 11.6. The Morgan fingerprint density at radius 2 is 1.75 bits per heavy atom. The number of hydrogen-bond donors (Lipinski definition) is 2. The van der Waals surface area contributed by atoms with Crippen LogP contribution in [0.2, 0.25) is 0 Å². The third-order valence-electron chi connectivity index (χ3n) is 3.39. The van der Waals surface area contributed by atoms with Crippen LogP contribution in [-0.4, -0.2) is 17.9 Å². The molecule has 2 aromatic carbocycles. The predicted octanol–water partition coefficient (Wildman–Crippen LogP) is 2.66. The molecule has 0 bridgehead atoms. The molecule has 2 rings (SSSR count). The van der Waals surface area contributed by atoms with Crippen LogP contribution < -0.4 is 10.6 Å². The Kier molecular flexibility index (Phi) is 6.25. The first-order valence-electron chi connectivity index (χ1n) is 7.61. The molecule has 0 radical (unpaired) electrons. The van der Waals surface area contributed by atoms with Crippen molar-refractivity contribution in [2.24, 2.45) is 0 Å². The van der Waals surface area contributed by atoms with Gasteiger partial charge in [-0.15, -0.1) is 0 Å². The Bertz CT molecular complexity index is 729. The molecule has 0 spiro atoms. The molecular weight excluding hydrogens is 307 g/mol. The van der Waals surface area contributed by atoms with Gasteiger partial charge in [0, 0.05) is 18.2 Å². The summed E-state index contributed by atoms with van der Waals surface area (Å²) < 4.78 is 13.5. The van der Waals surface area contributed by atoms with Crippen molar-refractivity contribution in [3.63, 3.8) is 0 Å². The normalized spacial score (nSPS) is 11.9. The molecule has 5 heteroatoms. The summed E-state index contributed by atoms with van der Waals surface area (Å²) >= 11 is 0. The van der Waals surface area contributed by atoms with Crippen molar-refractivity contribution >= 4 is 17.9 Å². The second-order valence-electron chi connectivity index (χ2n) is 5.28. The molecule has 2 amide bonds. The maximum absolute atomic E-state index is 13.5. The topological polar surface area (TPSA) is 58.2 Å². The van der Waals surface area contributed by atoms with Crippen molar-refractivity contribution in [3.8, 4) is 0 Å². The number of carbonyl (C=O) groups is 2. The summed E-state index contributed by atoms with van der Waals surface area (Å²) in [7, 11) is 0. The Hall–Kier alpha value is -2.95. The van der Waals surface area contributed by atoms with Crippen LogP contribution in [0.1, 0.15) is 18.1 Å². The van der Waals surface area contributed by atoms with Crippen molar-refractivity contribution in [3.05, 3.63) is 77.6 Å². The molecule has 0 fully saturated rings. The number of hydrogen-bond acceptors (Lipinski definition) is 2. The van der Waals surface area contributed by atoms with Gasteiger partial charge < -0.3 is 10.6 Å². The monoisotopic (exact) mass is 326 g/mol. The molecule has 1 atom stereocenters. The molecule has 24 heavy (non-hydrogen) atoms. The Labute approximate surface area is 140 Å². The molecule has 124 valence electrons. The van der Waals surface area contributed by atoms with E-state index >= 15 is 0 Å². The highest BCUT2D eigenvalue weighted by atomic mass is 19.1. The van der Waals surface area contributed by atoms with E-state index in [1.165, 1.54) is 12.1 Å². The summed E-state index contributed by atoms with van der Waals surface area (Å²) in [6, 6.07) is 14.9. The maximum Gasteiger partial charge on any atom is 0.244 e. The molecule has 0 aromatic heterocycles. The minimum Gasteiger partial charge on any atom is -0.350 e. The number of rotatable bonds is 6. The van der Waals surface area contributed by atoms with E-state index in [9.17, 15) is 14.0 Å². The highest BCUT2D eigenvalue weighted by Crippen LogP contribution is 2.05. The van der Waals surface area contributed by atoms with E-state index in [1.807, 2.05) is 30.3 Å². The number of benzene rings is 2. The lowest BCUT2D eigenvalue weighted by Crippen LogP contribution is -2.44. The van der Waals surface area contributed by atoms with E-state index in [1.54, 1.807) is 31.2 Å². The van der Waals surface area contributed by atoms with E-state index in [0.29, 0.717) is 5.56 Å². The molecule has 0 saturated heterocycles. The molecule has 4 nitrogen and oxygen atoms in total. The van der Waals surface area contributed by atoms with Gasteiger partial charge in [-0.3, -0.25) is 9.59 Å². The van der Waals surface area contributed by atoms with Gasteiger partial charge in [0.05, 0.1) is 0 Å². The highest BCUT2D eigenvalue weighted by molar-refractivity contribution is 5.95. The Balaban J connectivity index is 1.81. The van der Waals surface area contributed by atoms with Crippen molar-refractivity contribution in [1.29, 1.82) is 0 Å². The number of amides is 2. The largest absolute Gasteiger partial charge is 0.350 e. The molecule has 2 aromatic rings. The SMILES string of the molecule is CC(NC(=O)/C=C/c1ccccc1)C(=O)NCc1ccccc1F. The van der Waals surface area contributed by atoms with Gasteiger partial charge >= 0.3 is 0 Å². The van der Waals surface area contributed by atoms with Gasteiger partial charge in [0.1, 0.15) is 11.9 Å². The van der Waals surface area contributed by atoms with Crippen molar-refractivity contribution < 1.29 is 14.0 Å². The molecule has 0 saturated carbocycles. The zero-order chi connectivity index (χ0) is 17.4. The van der Waals surface area contributed by atoms with Crippen molar-refractivity contribution in [1.82, 2.24) is 10.6 Å². The average molecular weight is 326 g/mol. The van der Waals surface area contributed by atoms with Crippen LogP contribution in [-0.2, 0) is 16.1 Å². The molecule has 2 N–H and O–H groups in total. The lowest BCUT2D eigenvalue weighted by atomic mass is 10.2. The van der Waals surface area contributed by atoms with Crippen LogP contribution in [0.3, 0.4) is 0 Å². The fourth-order valence-electron chi connectivity index (χ4n) is 2.04. The fourth-order valence-corrected chi connectivity index (χ4v) is 2.04. The van der Waals surface area contributed by atoms with E-state index in [0.717, 1.165) is 5.56 Å². The lowest BCUT2D eigenvalue weighted by Gasteiger charge is -2.13. The van der Waals surface area contributed by atoms with Crippen LogP contribution in [0.4, 0.5) is 4.39 Å². The van der Waals surface area contributed by atoms with Crippen molar-refractivity contribution in [2.45, 2.75) is 19.5 Å². The summed E-state index contributed by atoms with van der Waals surface area (Å²) in [6.45, 7) is 1.65. The van der Waals surface area contributed by atoms with Crippen LogP contribution in [0.15, 0.2) is 60.7 Å². The standard InChI is InChI=1S/C19H19FN2O2/c1-14(19(24)21-13-16-9-5-6-10-17(16)20)22-18(23)12-11-15-7-3-2-4-8-15/h2-12,14H,13H2,1H3,(H,21,24)(H,22,23)/b12-11+. The first kappa shape index (κ1) is 17.4. The fraction of sp³-hybridized carbons (Fsp3) is 0.158. The smallest absolute Gasteiger partial charge is 0.244 e. The Morgan fingerprint density at radius 1 is 1.08 bits per heavy atom. The van der Waals surface area contributed by atoms with Crippen molar-refractivity contribution in [2.75, 3.05) is 0 Å². The van der Waals surface area contributed by atoms with Gasteiger partial charge in [0.15, 0.2) is 0 Å². The minimum absolute atomic E-state index is 0.0750. The molecule has 1 unspecified atom stereocenters. The average Bonchev–Trinajstić information content (AvgIpc) is 2.60. The lowest BCUT2D eigenvalue weighted by molar-refractivity contribution is -0.126. The third-order valence-corrected chi connectivity index (χ3v) is 3.39. The maximum atomic E-state index is 13.5. The van der Waals surface area contributed by atoms with E-state index in [-0.39, 0.29) is 24.2 Å². The van der Waals surface area contributed by atoms with E-state index in [2.05, 4.69) is 10.6 Å². The van der Waals surface area contributed by atoms with Gasteiger partial charge in [0.2, 0.25) is 11.8 Å². The van der Waals surface area contributed by atoms with Gasteiger partial charge in [-0.25, -0.2) is 4.39 Å². The highest BCUT2D eigenvalue weighted by Gasteiger charge is 2.14. The zero-order valence-corrected chi connectivity index (χ0v) is 13.3. The van der Waals surface area contributed by atoms with Gasteiger partial charge in [-0.1, -0.05) is 48.5 Å². The van der Waals surface area contributed by atoms with Crippen LogP contribution in [0, 0.1) is 5.82 Å². The number of halogens is 1. The first-order valence-corrected chi connectivity index (χ1v) is 7.61. The quantitative estimate of drug-likeness (QED) is 0.802. The second-order valence-corrected chi connectivity index (χ2v) is 5.28. The number of nitrogens with one attached hydrogen (secondary N) is 2. The van der Waals surface area contributed by atoms with Gasteiger partial charge in [-0.05, 0) is 24.6 Å². The summed E-state index contributed by atoms with van der Waals surface area (Å²) in [4.78, 5) is 23.8. The van der Waals surface area contributed by atoms with Crippen LogP contribution >= 0.6 is 0 Å². The summed E-state index contributed by atoms with van der Waals surface area (Å²) in [5, 5.41) is 5.17. The minimum atomic E-state index is -0.718. The molecule has 0 aliphatic heterocycles. The van der Waals surface area contributed by atoms with E-state index < -0.39 is 6.04 Å². The Morgan fingerprint density at radius 3 is 2.46 bits per heavy atom. The summed E-state index contributed by atoms with van der Waals surface area (Å²) in [6.07, 6.45) is 3.04. The molecule has 0 aliphatic carbocycles. The predicted molar refractivity (Wildman–Crippen MR) is 91.3 cm³/mol. The molecule has 0 aliphatic rings.